The number of likely N-dealkylation sites (N-methyl/N-ethyl adjacent to an activating group) is 1. The number of carbonyl (C=O) groups is 2. The molecule has 0 aliphatic carbocycles. The fourth-order valence-electron chi connectivity index (χ4n) is 4.38. The van der Waals surface area contributed by atoms with E-state index in [0.717, 1.165) is 29.5 Å². The second-order valence-corrected chi connectivity index (χ2v) is 8.56. The molecule has 0 N–H and O–H groups in total. The standard InChI is InChI=1S/C25H33N3O3/c1-4-31-24(30)25(15-22-11-6-5-9-20(22)2)12-8-14-28(19-25)23(29)18-27(3)17-21-10-7-13-26-16-21/h5-7,9-11,13,16H,4,8,12,14-15,17-19H2,1-3H3. The Balaban J connectivity index is 1.72. The number of amides is 1. The van der Waals surface area contributed by atoms with Gasteiger partial charge in [0.15, 0.2) is 0 Å². The smallest absolute Gasteiger partial charge is 0.314 e. The molecule has 1 unspecified atom stereocenters. The molecule has 1 aliphatic heterocycles. The molecular weight excluding hydrogens is 390 g/mol. The number of piperidine rings is 1. The van der Waals surface area contributed by atoms with E-state index < -0.39 is 5.41 Å². The Bertz CT molecular complexity index is 887. The number of benzene rings is 1. The van der Waals surface area contributed by atoms with Gasteiger partial charge in [0.25, 0.3) is 0 Å². The van der Waals surface area contributed by atoms with Gasteiger partial charge in [-0.1, -0.05) is 30.3 Å². The lowest BCUT2D eigenvalue weighted by atomic mass is 9.74. The SMILES string of the molecule is CCOC(=O)C1(Cc2ccccc2C)CCCN(C(=O)CN(C)Cc2cccnc2)C1. The van der Waals surface area contributed by atoms with Crippen LogP contribution in [0.1, 0.15) is 36.5 Å². The van der Waals surface area contributed by atoms with E-state index in [1.54, 1.807) is 6.20 Å². The number of ether oxygens (including phenoxy) is 1. The van der Waals surface area contributed by atoms with E-state index in [1.165, 1.54) is 0 Å². The van der Waals surface area contributed by atoms with E-state index in [0.29, 0.717) is 39.2 Å². The van der Waals surface area contributed by atoms with Gasteiger partial charge in [-0.3, -0.25) is 19.5 Å². The zero-order valence-corrected chi connectivity index (χ0v) is 18.8. The van der Waals surface area contributed by atoms with E-state index in [4.69, 9.17) is 4.74 Å². The first-order chi connectivity index (χ1) is 14.9. The molecule has 166 valence electrons. The van der Waals surface area contributed by atoms with Gasteiger partial charge in [-0.25, -0.2) is 0 Å². The largest absolute Gasteiger partial charge is 0.466 e. The van der Waals surface area contributed by atoms with E-state index in [9.17, 15) is 9.59 Å². The number of hydrogen-bond donors (Lipinski definition) is 0. The van der Waals surface area contributed by atoms with Crippen molar-refractivity contribution in [3.63, 3.8) is 0 Å². The molecule has 2 aromatic rings. The van der Waals surface area contributed by atoms with Crippen molar-refractivity contribution in [2.75, 3.05) is 33.3 Å². The Morgan fingerprint density at radius 1 is 1.23 bits per heavy atom. The Morgan fingerprint density at radius 2 is 2.03 bits per heavy atom. The third-order valence-electron chi connectivity index (χ3n) is 6.01. The normalized spacial score (nSPS) is 18.8. The molecule has 2 heterocycles. The molecule has 1 aliphatic rings. The first-order valence-electron chi connectivity index (χ1n) is 11.0. The van der Waals surface area contributed by atoms with Gasteiger partial charge in [0.2, 0.25) is 5.91 Å². The molecule has 1 aromatic carbocycles. The number of nitrogens with zero attached hydrogens (tertiary/aromatic N) is 3. The summed E-state index contributed by atoms with van der Waals surface area (Å²) >= 11 is 0. The number of likely N-dealkylation sites (tertiary alicyclic amines) is 1. The Labute approximate surface area is 185 Å². The van der Waals surface area contributed by atoms with Crippen LogP contribution in [0, 0.1) is 12.3 Å². The lowest BCUT2D eigenvalue weighted by Gasteiger charge is -2.41. The number of carbonyl (C=O) groups excluding carboxylic acids is 2. The summed E-state index contributed by atoms with van der Waals surface area (Å²) in [7, 11) is 1.93. The van der Waals surface area contributed by atoms with Crippen LogP contribution < -0.4 is 0 Å². The van der Waals surface area contributed by atoms with Crippen molar-refractivity contribution in [1.82, 2.24) is 14.8 Å². The summed E-state index contributed by atoms with van der Waals surface area (Å²) in [6.45, 7) is 6.27. The molecule has 1 saturated heterocycles. The Hall–Kier alpha value is -2.73. The predicted molar refractivity (Wildman–Crippen MR) is 120 cm³/mol. The molecule has 0 radical (unpaired) electrons. The average molecular weight is 424 g/mol. The van der Waals surface area contributed by atoms with Crippen LogP contribution in [0.2, 0.25) is 0 Å². The lowest BCUT2D eigenvalue weighted by Crippen LogP contribution is -2.53. The van der Waals surface area contributed by atoms with Crippen molar-refractivity contribution in [2.24, 2.45) is 5.41 Å². The van der Waals surface area contributed by atoms with E-state index in [-0.39, 0.29) is 11.9 Å². The van der Waals surface area contributed by atoms with Crippen molar-refractivity contribution < 1.29 is 14.3 Å². The Kier molecular flexibility index (Phi) is 7.80. The minimum Gasteiger partial charge on any atom is -0.466 e. The number of rotatable bonds is 8. The van der Waals surface area contributed by atoms with Gasteiger partial charge in [0.05, 0.1) is 18.6 Å². The average Bonchev–Trinajstić information content (AvgIpc) is 2.76. The van der Waals surface area contributed by atoms with Gasteiger partial charge in [0.1, 0.15) is 0 Å². The summed E-state index contributed by atoms with van der Waals surface area (Å²) in [5.41, 5.74) is 2.67. The first-order valence-corrected chi connectivity index (χ1v) is 11.0. The second-order valence-electron chi connectivity index (χ2n) is 8.56. The van der Waals surface area contributed by atoms with Gasteiger partial charge >= 0.3 is 5.97 Å². The summed E-state index contributed by atoms with van der Waals surface area (Å²) in [4.78, 5) is 34.2. The molecule has 0 bridgehead atoms. The molecule has 0 saturated carbocycles. The molecule has 3 rings (SSSR count). The minimum atomic E-state index is -0.696. The van der Waals surface area contributed by atoms with Crippen LogP contribution >= 0.6 is 0 Å². The number of hydrogen-bond acceptors (Lipinski definition) is 5. The van der Waals surface area contributed by atoms with Gasteiger partial charge in [-0.15, -0.1) is 0 Å². The summed E-state index contributed by atoms with van der Waals surface area (Å²) < 4.78 is 5.49. The van der Waals surface area contributed by atoms with Crippen LogP contribution in [-0.4, -0.2) is 59.9 Å². The first kappa shape index (κ1) is 22.9. The topological polar surface area (TPSA) is 62.7 Å². The van der Waals surface area contributed by atoms with Crippen LogP contribution in [-0.2, 0) is 27.3 Å². The highest BCUT2D eigenvalue weighted by molar-refractivity contribution is 5.82. The molecule has 1 fully saturated rings. The third kappa shape index (κ3) is 5.91. The van der Waals surface area contributed by atoms with Crippen molar-refractivity contribution in [2.45, 2.75) is 39.7 Å². The fraction of sp³-hybridized carbons (Fsp3) is 0.480. The van der Waals surface area contributed by atoms with Crippen molar-refractivity contribution in [3.05, 3.63) is 65.5 Å². The number of aryl methyl sites for hydroxylation is 1. The van der Waals surface area contributed by atoms with Crippen LogP contribution in [0.15, 0.2) is 48.8 Å². The van der Waals surface area contributed by atoms with E-state index in [2.05, 4.69) is 24.0 Å². The molecule has 1 amide bonds. The number of esters is 1. The molecule has 1 aromatic heterocycles. The molecule has 6 heteroatoms. The Morgan fingerprint density at radius 3 is 2.74 bits per heavy atom. The highest BCUT2D eigenvalue weighted by atomic mass is 16.5. The molecule has 0 spiro atoms. The quantitative estimate of drug-likeness (QED) is 0.610. The monoisotopic (exact) mass is 423 g/mol. The summed E-state index contributed by atoms with van der Waals surface area (Å²) in [6, 6.07) is 12.0. The van der Waals surface area contributed by atoms with Gasteiger partial charge in [0, 0.05) is 32.0 Å². The van der Waals surface area contributed by atoms with Crippen LogP contribution in [0.4, 0.5) is 0 Å². The van der Waals surface area contributed by atoms with E-state index >= 15 is 0 Å². The van der Waals surface area contributed by atoms with Gasteiger partial charge in [-0.2, -0.15) is 0 Å². The number of aromatic nitrogens is 1. The summed E-state index contributed by atoms with van der Waals surface area (Å²) in [5, 5.41) is 0. The van der Waals surface area contributed by atoms with Gasteiger partial charge < -0.3 is 9.64 Å². The van der Waals surface area contributed by atoms with Crippen molar-refractivity contribution >= 4 is 11.9 Å². The van der Waals surface area contributed by atoms with Crippen molar-refractivity contribution in [1.29, 1.82) is 0 Å². The fourth-order valence-corrected chi connectivity index (χ4v) is 4.38. The van der Waals surface area contributed by atoms with Crippen LogP contribution in [0.5, 0.6) is 0 Å². The summed E-state index contributed by atoms with van der Waals surface area (Å²) in [6.07, 6.45) is 5.67. The van der Waals surface area contributed by atoms with Crippen LogP contribution in [0.25, 0.3) is 0 Å². The number of pyridine rings is 1. The highest BCUT2D eigenvalue weighted by Crippen LogP contribution is 2.36. The second kappa shape index (κ2) is 10.5. The molecule has 31 heavy (non-hydrogen) atoms. The minimum absolute atomic E-state index is 0.0459. The lowest BCUT2D eigenvalue weighted by molar-refractivity contribution is -0.161. The zero-order chi connectivity index (χ0) is 22.3. The zero-order valence-electron chi connectivity index (χ0n) is 18.8. The maximum absolute atomic E-state index is 13.1. The summed E-state index contributed by atoms with van der Waals surface area (Å²) in [5.74, 6) is -0.149. The van der Waals surface area contributed by atoms with Crippen molar-refractivity contribution in [3.8, 4) is 0 Å². The maximum atomic E-state index is 13.1. The van der Waals surface area contributed by atoms with Gasteiger partial charge in [-0.05, 0) is 62.9 Å². The molecule has 6 nitrogen and oxygen atoms in total. The maximum Gasteiger partial charge on any atom is 0.314 e. The molecule has 1 atom stereocenters. The van der Waals surface area contributed by atoms with Crippen LogP contribution in [0.3, 0.4) is 0 Å². The highest BCUT2D eigenvalue weighted by Gasteiger charge is 2.45. The predicted octanol–water partition coefficient (Wildman–Crippen LogP) is 3.24. The van der Waals surface area contributed by atoms with E-state index in [1.807, 2.05) is 54.2 Å². The third-order valence-corrected chi connectivity index (χ3v) is 6.01. The molecular formula is C25H33N3O3.